The molecule has 4 rings (SSSR count). The van der Waals surface area contributed by atoms with Crippen LogP contribution in [0.3, 0.4) is 0 Å². The van der Waals surface area contributed by atoms with Gasteiger partial charge >= 0.3 is 11.9 Å². The first kappa shape index (κ1) is 25.6. The Bertz CT molecular complexity index is 1130. The Hall–Kier alpha value is -3.47. The summed E-state index contributed by atoms with van der Waals surface area (Å²) in [5.41, 5.74) is 3.25. The van der Waals surface area contributed by atoms with Crippen LogP contribution in [0.25, 0.3) is 0 Å². The number of allylic oxidation sites excluding steroid dienone is 1. The Morgan fingerprint density at radius 2 is 1.44 bits per heavy atom. The van der Waals surface area contributed by atoms with Crippen molar-refractivity contribution in [1.82, 2.24) is 0 Å². The second-order valence-corrected chi connectivity index (χ2v) is 9.49. The first-order valence-electron chi connectivity index (χ1n) is 12.9. The molecular formula is C31H34O5. The minimum atomic E-state index is -0.907. The van der Waals surface area contributed by atoms with Gasteiger partial charge in [0.05, 0.1) is 11.8 Å². The van der Waals surface area contributed by atoms with Gasteiger partial charge in [0.2, 0.25) is 0 Å². The zero-order valence-electron chi connectivity index (χ0n) is 21.0. The summed E-state index contributed by atoms with van der Waals surface area (Å²) in [6, 6.07) is 19.1. The average molecular weight is 487 g/mol. The molecule has 2 aromatic carbocycles. The summed E-state index contributed by atoms with van der Waals surface area (Å²) in [7, 11) is 0. The Morgan fingerprint density at radius 3 is 1.94 bits per heavy atom. The van der Waals surface area contributed by atoms with Gasteiger partial charge in [0.1, 0.15) is 6.10 Å². The third kappa shape index (κ3) is 5.06. The van der Waals surface area contributed by atoms with Gasteiger partial charge in [-0.3, -0.25) is 14.4 Å². The van der Waals surface area contributed by atoms with Crippen LogP contribution in [-0.4, -0.2) is 29.9 Å². The van der Waals surface area contributed by atoms with Crippen LogP contribution in [0.2, 0.25) is 0 Å². The standard InChI is InChI=1S/C31H34O5/c1-4-13-25-27-24(18-19-26(27)35-30(33)22(5-2)20-14-9-7-10-15-20)28(32)29(25)36-31(34)23(6-3)21-16-11-8-12-17-21/h4,7-12,14-17,22-23,25-26,29H,1,5-6,13,18-19H2,2-3H3/t22-,23-,25-,26+,29-/m1/s1. The molecule has 2 aromatic rings. The van der Waals surface area contributed by atoms with Gasteiger partial charge in [-0.25, -0.2) is 0 Å². The van der Waals surface area contributed by atoms with Gasteiger partial charge in [0.15, 0.2) is 11.9 Å². The number of hydrogen-bond acceptors (Lipinski definition) is 5. The van der Waals surface area contributed by atoms with Crippen LogP contribution in [0.4, 0.5) is 0 Å². The summed E-state index contributed by atoms with van der Waals surface area (Å²) in [5.74, 6) is -2.02. The lowest BCUT2D eigenvalue weighted by molar-refractivity contribution is -0.158. The number of carbonyl (C=O) groups is 3. The molecule has 188 valence electrons. The summed E-state index contributed by atoms with van der Waals surface area (Å²) in [5, 5.41) is 0. The van der Waals surface area contributed by atoms with Crippen molar-refractivity contribution in [2.24, 2.45) is 5.92 Å². The molecule has 0 saturated carbocycles. The fourth-order valence-corrected chi connectivity index (χ4v) is 5.58. The van der Waals surface area contributed by atoms with Crippen molar-refractivity contribution in [2.75, 3.05) is 0 Å². The molecule has 0 aromatic heterocycles. The third-order valence-corrected chi connectivity index (χ3v) is 7.38. The van der Waals surface area contributed by atoms with Crippen molar-refractivity contribution in [3.8, 4) is 0 Å². The fourth-order valence-electron chi connectivity index (χ4n) is 5.58. The summed E-state index contributed by atoms with van der Waals surface area (Å²) >= 11 is 0. The quantitative estimate of drug-likeness (QED) is 0.301. The molecule has 5 heteroatoms. The molecule has 0 spiro atoms. The van der Waals surface area contributed by atoms with E-state index in [0.29, 0.717) is 37.7 Å². The molecule has 2 aliphatic carbocycles. The van der Waals surface area contributed by atoms with E-state index in [0.717, 1.165) is 16.7 Å². The normalized spacial score (nSPS) is 22.6. The number of carbonyl (C=O) groups excluding carboxylic acids is 3. The van der Waals surface area contributed by atoms with Crippen LogP contribution in [-0.2, 0) is 23.9 Å². The number of ether oxygens (including phenoxy) is 2. The first-order valence-corrected chi connectivity index (χ1v) is 12.9. The van der Waals surface area contributed by atoms with Crippen molar-refractivity contribution >= 4 is 17.7 Å². The maximum absolute atomic E-state index is 13.4. The van der Waals surface area contributed by atoms with Crippen molar-refractivity contribution in [3.05, 3.63) is 95.6 Å². The second-order valence-electron chi connectivity index (χ2n) is 9.49. The molecule has 0 fully saturated rings. The molecule has 5 nitrogen and oxygen atoms in total. The van der Waals surface area contributed by atoms with E-state index in [2.05, 4.69) is 6.58 Å². The number of hydrogen-bond donors (Lipinski definition) is 0. The van der Waals surface area contributed by atoms with Crippen LogP contribution >= 0.6 is 0 Å². The zero-order chi connectivity index (χ0) is 25.7. The molecule has 36 heavy (non-hydrogen) atoms. The van der Waals surface area contributed by atoms with Gasteiger partial charge in [-0.2, -0.15) is 0 Å². The highest BCUT2D eigenvalue weighted by molar-refractivity contribution is 6.05. The van der Waals surface area contributed by atoms with E-state index < -0.39 is 24.1 Å². The predicted octanol–water partition coefficient (Wildman–Crippen LogP) is 6.06. The van der Waals surface area contributed by atoms with E-state index in [1.54, 1.807) is 6.08 Å². The molecule has 0 heterocycles. The molecule has 0 unspecified atom stereocenters. The number of benzene rings is 2. The van der Waals surface area contributed by atoms with E-state index in [1.165, 1.54) is 0 Å². The van der Waals surface area contributed by atoms with Crippen molar-refractivity contribution in [1.29, 1.82) is 0 Å². The largest absolute Gasteiger partial charge is 0.457 e. The lowest BCUT2D eigenvalue weighted by Gasteiger charge is -2.27. The van der Waals surface area contributed by atoms with Crippen LogP contribution in [0.5, 0.6) is 0 Å². The van der Waals surface area contributed by atoms with Crippen molar-refractivity contribution in [2.45, 2.75) is 70.0 Å². The minimum absolute atomic E-state index is 0.165. The minimum Gasteiger partial charge on any atom is -0.457 e. The second kappa shape index (κ2) is 11.5. The molecule has 0 radical (unpaired) electrons. The first-order chi connectivity index (χ1) is 17.5. The van der Waals surface area contributed by atoms with Crippen LogP contribution < -0.4 is 0 Å². The average Bonchev–Trinajstić information content (AvgIpc) is 3.41. The Morgan fingerprint density at radius 1 is 0.917 bits per heavy atom. The molecule has 0 bridgehead atoms. The highest BCUT2D eigenvalue weighted by Gasteiger charge is 2.50. The Kier molecular flexibility index (Phi) is 8.19. The smallest absolute Gasteiger partial charge is 0.314 e. The van der Waals surface area contributed by atoms with E-state index >= 15 is 0 Å². The summed E-state index contributed by atoms with van der Waals surface area (Å²) in [4.78, 5) is 39.7. The lowest BCUT2D eigenvalue weighted by atomic mass is 9.90. The van der Waals surface area contributed by atoms with E-state index in [-0.39, 0.29) is 23.6 Å². The Balaban J connectivity index is 1.52. The summed E-state index contributed by atoms with van der Waals surface area (Å²) in [6.45, 7) is 7.76. The van der Waals surface area contributed by atoms with E-state index in [4.69, 9.17) is 9.47 Å². The van der Waals surface area contributed by atoms with Gasteiger partial charge < -0.3 is 9.47 Å². The highest BCUT2D eigenvalue weighted by atomic mass is 16.6. The maximum atomic E-state index is 13.4. The summed E-state index contributed by atoms with van der Waals surface area (Å²) in [6.07, 6.45) is 3.09. The third-order valence-electron chi connectivity index (χ3n) is 7.38. The lowest BCUT2D eigenvalue weighted by Crippen LogP contribution is -2.35. The van der Waals surface area contributed by atoms with Crippen LogP contribution in [0.15, 0.2) is 84.5 Å². The van der Waals surface area contributed by atoms with E-state index in [9.17, 15) is 14.4 Å². The highest BCUT2D eigenvalue weighted by Crippen LogP contribution is 2.46. The topological polar surface area (TPSA) is 69.7 Å². The SMILES string of the molecule is C=CC[C@@H]1C2=C(CC[C@@H]2OC(=O)[C@H](CC)c2ccccc2)C(=O)[C@@H]1OC(=O)[C@H](CC)c1ccccc1. The van der Waals surface area contributed by atoms with Gasteiger partial charge in [-0.15, -0.1) is 6.58 Å². The van der Waals surface area contributed by atoms with Crippen LogP contribution in [0, 0.1) is 5.92 Å². The number of rotatable bonds is 10. The van der Waals surface area contributed by atoms with Gasteiger partial charge in [-0.05, 0) is 48.8 Å². The van der Waals surface area contributed by atoms with Gasteiger partial charge in [-0.1, -0.05) is 80.6 Å². The van der Waals surface area contributed by atoms with Gasteiger partial charge in [0.25, 0.3) is 0 Å². The van der Waals surface area contributed by atoms with Crippen molar-refractivity contribution in [3.63, 3.8) is 0 Å². The number of ketones is 1. The molecule has 0 amide bonds. The Labute approximate surface area is 213 Å². The maximum Gasteiger partial charge on any atom is 0.314 e. The molecular weight excluding hydrogens is 452 g/mol. The van der Waals surface area contributed by atoms with Crippen molar-refractivity contribution < 1.29 is 23.9 Å². The molecule has 5 atom stereocenters. The van der Waals surface area contributed by atoms with E-state index in [1.807, 2.05) is 74.5 Å². The zero-order valence-corrected chi connectivity index (χ0v) is 21.0. The predicted molar refractivity (Wildman–Crippen MR) is 138 cm³/mol. The molecule has 2 aliphatic rings. The van der Waals surface area contributed by atoms with Gasteiger partial charge in [0, 0.05) is 11.5 Å². The number of Topliss-reactive ketones (excluding diaryl/α,β-unsaturated/α-hetero) is 1. The molecule has 0 saturated heterocycles. The monoisotopic (exact) mass is 486 g/mol. The molecule has 0 aliphatic heterocycles. The summed E-state index contributed by atoms with van der Waals surface area (Å²) < 4.78 is 11.9. The van der Waals surface area contributed by atoms with Crippen LogP contribution in [0.1, 0.15) is 68.9 Å². The number of esters is 2. The fraction of sp³-hybridized carbons (Fsp3) is 0.387. The molecule has 0 N–H and O–H groups in total.